The van der Waals surface area contributed by atoms with Gasteiger partial charge < -0.3 is 11.1 Å². The number of hydrogen-bond donors (Lipinski definition) is 2. The third-order valence-corrected chi connectivity index (χ3v) is 6.30. The third-order valence-electron chi connectivity index (χ3n) is 4.63. The summed E-state index contributed by atoms with van der Waals surface area (Å²) in [7, 11) is 0. The molecule has 0 radical (unpaired) electrons. The van der Waals surface area contributed by atoms with Crippen molar-refractivity contribution in [1.82, 2.24) is 4.98 Å². The first-order valence-electron chi connectivity index (χ1n) is 8.50. The summed E-state index contributed by atoms with van der Waals surface area (Å²) in [6, 6.07) is 7.05. The van der Waals surface area contributed by atoms with E-state index in [1.54, 1.807) is 18.2 Å². The van der Waals surface area contributed by atoms with Crippen LogP contribution in [0.2, 0.25) is 10.0 Å². The van der Waals surface area contributed by atoms with E-state index in [1.807, 2.05) is 0 Å². The summed E-state index contributed by atoms with van der Waals surface area (Å²) in [5.74, 6) is -0.287. The third kappa shape index (κ3) is 3.27. The number of rotatable bonds is 2. The summed E-state index contributed by atoms with van der Waals surface area (Å²) >= 11 is 13.4. The first kappa shape index (κ1) is 17.6. The SMILES string of the molecule is Nc1c(C(=O)Nc2ccc(Cl)cc2Cl)sc2nc3c(cc12)CCCCC3. The van der Waals surface area contributed by atoms with Crippen LogP contribution in [0.25, 0.3) is 10.2 Å². The lowest BCUT2D eigenvalue weighted by Crippen LogP contribution is -2.12. The maximum Gasteiger partial charge on any atom is 0.267 e. The molecule has 0 bridgehead atoms. The topological polar surface area (TPSA) is 68.0 Å². The average molecular weight is 406 g/mol. The number of nitrogens with two attached hydrogens (primary N) is 1. The lowest BCUT2D eigenvalue weighted by atomic mass is 10.1. The van der Waals surface area contributed by atoms with Crippen LogP contribution in [-0.4, -0.2) is 10.9 Å². The van der Waals surface area contributed by atoms with Gasteiger partial charge in [-0.2, -0.15) is 0 Å². The fraction of sp³-hybridized carbons (Fsp3) is 0.263. The normalized spacial score (nSPS) is 14.1. The number of carbonyl (C=O) groups is 1. The van der Waals surface area contributed by atoms with Crippen LogP contribution in [0.15, 0.2) is 24.3 Å². The molecular formula is C19H17Cl2N3OS. The number of aryl methyl sites for hydroxylation is 2. The molecule has 0 aliphatic heterocycles. The maximum absolute atomic E-state index is 12.7. The van der Waals surface area contributed by atoms with Gasteiger partial charge in [0.1, 0.15) is 9.71 Å². The number of hydrogen-bond acceptors (Lipinski definition) is 4. The van der Waals surface area contributed by atoms with Gasteiger partial charge in [-0.25, -0.2) is 4.98 Å². The number of nitrogen functional groups attached to an aromatic ring is 1. The van der Waals surface area contributed by atoms with Crippen LogP contribution in [0.4, 0.5) is 11.4 Å². The van der Waals surface area contributed by atoms with Crippen molar-refractivity contribution in [2.24, 2.45) is 0 Å². The number of aromatic nitrogens is 1. The van der Waals surface area contributed by atoms with E-state index in [4.69, 9.17) is 33.9 Å². The lowest BCUT2D eigenvalue weighted by Gasteiger charge is -2.07. The van der Waals surface area contributed by atoms with Gasteiger partial charge in [0.15, 0.2) is 0 Å². The zero-order valence-electron chi connectivity index (χ0n) is 13.9. The number of amides is 1. The van der Waals surface area contributed by atoms with Crippen molar-refractivity contribution in [2.45, 2.75) is 32.1 Å². The van der Waals surface area contributed by atoms with Gasteiger partial charge in [-0.3, -0.25) is 4.79 Å². The monoisotopic (exact) mass is 405 g/mol. The van der Waals surface area contributed by atoms with Crippen molar-refractivity contribution in [3.63, 3.8) is 0 Å². The molecule has 4 nitrogen and oxygen atoms in total. The molecule has 0 unspecified atom stereocenters. The largest absolute Gasteiger partial charge is 0.397 e. The molecule has 4 rings (SSSR count). The lowest BCUT2D eigenvalue weighted by molar-refractivity contribution is 0.103. The Kier molecular flexibility index (Phi) is 4.78. The zero-order valence-corrected chi connectivity index (χ0v) is 16.3. The Morgan fingerprint density at radius 1 is 1.15 bits per heavy atom. The number of pyridine rings is 1. The van der Waals surface area contributed by atoms with E-state index in [0.29, 0.717) is 26.3 Å². The van der Waals surface area contributed by atoms with Crippen molar-refractivity contribution >= 4 is 62.0 Å². The summed E-state index contributed by atoms with van der Waals surface area (Å²) in [5.41, 5.74) is 9.66. The van der Waals surface area contributed by atoms with Crippen LogP contribution in [0.1, 0.15) is 40.2 Å². The van der Waals surface area contributed by atoms with Gasteiger partial charge >= 0.3 is 0 Å². The van der Waals surface area contributed by atoms with Gasteiger partial charge in [-0.05, 0) is 55.5 Å². The number of thiophene rings is 1. The number of nitrogens with zero attached hydrogens (tertiary/aromatic N) is 1. The molecule has 0 saturated heterocycles. The first-order chi connectivity index (χ1) is 12.5. The highest BCUT2D eigenvalue weighted by molar-refractivity contribution is 7.21. The number of carbonyl (C=O) groups excluding carboxylic acids is 1. The molecule has 1 aromatic carbocycles. The molecule has 1 aliphatic rings. The second-order valence-electron chi connectivity index (χ2n) is 6.43. The zero-order chi connectivity index (χ0) is 18.3. The molecule has 2 aromatic heterocycles. The van der Waals surface area contributed by atoms with Crippen LogP contribution >= 0.6 is 34.5 Å². The van der Waals surface area contributed by atoms with Crippen LogP contribution in [0.5, 0.6) is 0 Å². The van der Waals surface area contributed by atoms with E-state index in [9.17, 15) is 4.79 Å². The van der Waals surface area contributed by atoms with Crippen molar-refractivity contribution in [1.29, 1.82) is 0 Å². The van der Waals surface area contributed by atoms with Crippen molar-refractivity contribution in [3.8, 4) is 0 Å². The molecule has 0 saturated carbocycles. The minimum absolute atomic E-state index is 0.287. The van der Waals surface area contributed by atoms with E-state index < -0.39 is 0 Å². The Morgan fingerprint density at radius 3 is 2.77 bits per heavy atom. The fourth-order valence-electron chi connectivity index (χ4n) is 3.27. The van der Waals surface area contributed by atoms with E-state index in [2.05, 4.69) is 11.4 Å². The van der Waals surface area contributed by atoms with Gasteiger partial charge in [0.2, 0.25) is 0 Å². The predicted molar refractivity (Wildman–Crippen MR) is 110 cm³/mol. The smallest absolute Gasteiger partial charge is 0.267 e. The number of halogens is 2. The standard InChI is InChI=1S/C19H17Cl2N3OS/c20-11-6-7-15(13(21)9-11)23-18(25)17-16(22)12-8-10-4-2-1-3-5-14(10)24-19(12)26-17/h6-9H,1-5,22H2,(H,23,25). The summed E-state index contributed by atoms with van der Waals surface area (Å²) in [4.78, 5) is 18.8. The molecule has 2 heterocycles. The van der Waals surface area contributed by atoms with E-state index in [0.717, 1.165) is 35.2 Å². The Labute approximate surface area is 165 Å². The molecule has 0 fully saturated rings. The Balaban J connectivity index is 1.70. The Bertz CT molecular complexity index is 1020. The van der Waals surface area contributed by atoms with Gasteiger partial charge in [0.25, 0.3) is 5.91 Å². The molecule has 1 amide bonds. The summed E-state index contributed by atoms with van der Waals surface area (Å²) < 4.78 is 0. The Hall–Kier alpha value is -1.82. The summed E-state index contributed by atoms with van der Waals surface area (Å²) in [6.07, 6.45) is 5.58. The molecule has 26 heavy (non-hydrogen) atoms. The highest BCUT2D eigenvalue weighted by atomic mass is 35.5. The highest BCUT2D eigenvalue weighted by Gasteiger charge is 2.20. The quantitative estimate of drug-likeness (QED) is 0.536. The second kappa shape index (κ2) is 7.06. The maximum atomic E-state index is 12.7. The molecule has 0 atom stereocenters. The summed E-state index contributed by atoms with van der Waals surface area (Å²) in [5, 5.41) is 4.57. The van der Waals surface area contributed by atoms with Crippen molar-refractivity contribution in [2.75, 3.05) is 11.1 Å². The first-order valence-corrected chi connectivity index (χ1v) is 10.1. The fourth-order valence-corrected chi connectivity index (χ4v) is 4.72. The molecular weight excluding hydrogens is 389 g/mol. The van der Waals surface area contributed by atoms with Crippen molar-refractivity contribution in [3.05, 3.63) is 50.4 Å². The molecule has 3 N–H and O–H groups in total. The number of anilines is 2. The molecule has 7 heteroatoms. The number of nitrogens with one attached hydrogen (secondary N) is 1. The number of fused-ring (bicyclic) bond motifs is 2. The molecule has 134 valence electrons. The minimum atomic E-state index is -0.287. The van der Waals surface area contributed by atoms with E-state index in [1.165, 1.54) is 29.7 Å². The predicted octanol–water partition coefficient (Wildman–Crippen LogP) is 5.71. The molecule has 1 aliphatic carbocycles. The van der Waals surface area contributed by atoms with Gasteiger partial charge in [0, 0.05) is 16.1 Å². The second-order valence-corrected chi connectivity index (χ2v) is 8.27. The van der Waals surface area contributed by atoms with Crippen LogP contribution < -0.4 is 11.1 Å². The van der Waals surface area contributed by atoms with Crippen molar-refractivity contribution < 1.29 is 4.79 Å². The Morgan fingerprint density at radius 2 is 1.96 bits per heavy atom. The van der Waals surface area contributed by atoms with Crippen LogP contribution in [0, 0.1) is 0 Å². The molecule has 3 aromatic rings. The van der Waals surface area contributed by atoms with Gasteiger partial charge in [-0.1, -0.05) is 29.6 Å². The van der Waals surface area contributed by atoms with E-state index in [-0.39, 0.29) is 5.91 Å². The van der Waals surface area contributed by atoms with Gasteiger partial charge in [-0.15, -0.1) is 11.3 Å². The van der Waals surface area contributed by atoms with Gasteiger partial charge in [0.05, 0.1) is 16.4 Å². The number of benzene rings is 1. The highest BCUT2D eigenvalue weighted by Crippen LogP contribution is 2.36. The van der Waals surface area contributed by atoms with Crippen LogP contribution in [0.3, 0.4) is 0 Å². The minimum Gasteiger partial charge on any atom is -0.397 e. The molecule has 0 spiro atoms. The summed E-state index contributed by atoms with van der Waals surface area (Å²) in [6.45, 7) is 0. The van der Waals surface area contributed by atoms with Crippen LogP contribution in [-0.2, 0) is 12.8 Å². The van der Waals surface area contributed by atoms with E-state index >= 15 is 0 Å². The average Bonchev–Trinajstić information content (AvgIpc) is 2.79.